The summed E-state index contributed by atoms with van der Waals surface area (Å²) < 4.78 is 0.763. The van der Waals surface area contributed by atoms with Gasteiger partial charge in [-0.05, 0) is 49.6 Å². The number of carbonyl (C=O) groups excluding carboxylic acids is 1. The molecule has 4 nitrogen and oxygen atoms in total. The number of hydrogen-bond donors (Lipinski definition) is 2. The van der Waals surface area contributed by atoms with E-state index in [1.165, 1.54) is 5.56 Å². The molecule has 0 radical (unpaired) electrons. The van der Waals surface area contributed by atoms with Gasteiger partial charge in [-0.15, -0.1) is 0 Å². The molecule has 2 N–H and O–H groups in total. The molecule has 0 saturated heterocycles. The Hall–Kier alpha value is -2.92. The van der Waals surface area contributed by atoms with Crippen molar-refractivity contribution in [3.05, 3.63) is 100 Å². The van der Waals surface area contributed by atoms with Crippen molar-refractivity contribution in [1.82, 2.24) is 0 Å². The molecule has 152 valence electrons. The topological polar surface area (TPSA) is 66.4 Å². The van der Waals surface area contributed by atoms with Gasteiger partial charge in [0, 0.05) is 22.8 Å². The number of rotatable bonds is 8. The van der Waals surface area contributed by atoms with Gasteiger partial charge in [0.1, 0.15) is 6.29 Å². The van der Waals surface area contributed by atoms with Crippen LogP contribution in [-0.4, -0.2) is 24.4 Å². The number of allylic oxidation sites excluding steroid dienone is 5. The van der Waals surface area contributed by atoms with Crippen LogP contribution < -0.4 is 5.32 Å². The summed E-state index contributed by atoms with van der Waals surface area (Å²) in [6, 6.07) is 12.8. The van der Waals surface area contributed by atoms with Crippen LogP contribution in [0.4, 0.5) is 5.69 Å². The second-order valence-corrected chi connectivity index (χ2v) is 7.07. The molecule has 0 amide bonds. The number of halogens is 1. The Morgan fingerprint density at radius 2 is 1.97 bits per heavy atom. The van der Waals surface area contributed by atoms with Gasteiger partial charge in [0.2, 0.25) is 0 Å². The number of benzene rings is 2. The van der Waals surface area contributed by atoms with Gasteiger partial charge in [-0.3, -0.25) is 4.79 Å². The first-order valence-corrected chi connectivity index (χ1v) is 9.92. The third-order valence-corrected chi connectivity index (χ3v) is 4.43. The van der Waals surface area contributed by atoms with E-state index in [2.05, 4.69) is 27.8 Å². The molecule has 5 heteroatoms. The minimum Gasteiger partial charge on any atom is -0.478 e. The summed E-state index contributed by atoms with van der Waals surface area (Å²) in [6.45, 7) is 5.98. The Balaban J connectivity index is 0.000000308. The summed E-state index contributed by atoms with van der Waals surface area (Å²) in [5.74, 6) is -0.930. The molecule has 0 bridgehead atoms. The van der Waals surface area contributed by atoms with Crippen molar-refractivity contribution in [2.24, 2.45) is 0 Å². The van der Waals surface area contributed by atoms with Crippen LogP contribution in [0.5, 0.6) is 0 Å². The van der Waals surface area contributed by atoms with Gasteiger partial charge in [-0.1, -0.05) is 70.6 Å². The van der Waals surface area contributed by atoms with Crippen molar-refractivity contribution >= 4 is 33.9 Å². The fourth-order valence-electron chi connectivity index (χ4n) is 2.42. The highest BCUT2D eigenvalue weighted by Crippen LogP contribution is 2.20. The normalized spacial score (nSPS) is 10.4. The number of nitrogens with one attached hydrogen (secondary N) is 1. The maximum Gasteiger partial charge on any atom is 0.337 e. The minimum absolute atomic E-state index is 0.270. The Bertz CT molecular complexity index is 901. The lowest BCUT2D eigenvalue weighted by Crippen LogP contribution is -2.02. The highest BCUT2D eigenvalue weighted by Gasteiger charge is 2.08. The van der Waals surface area contributed by atoms with Crippen LogP contribution in [0.2, 0.25) is 0 Å². The zero-order valence-electron chi connectivity index (χ0n) is 16.7. The third kappa shape index (κ3) is 9.21. The molecule has 0 heterocycles. The fraction of sp³-hybridized carbons (Fsp3) is 0.167. The van der Waals surface area contributed by atoms with E-state index in [1.807, 2.05) is 55.5 Å². The molecule has 2 aromatic carbocycles. The van der Waals surface area contributed by atoms with Crippen LogP contribution in [0, 0.1) is 0 Å². The van der Waals surface area contributed by atoms with Crippen molar-refractivity contribution < 1.29 is 14.7 Å². The van der Waals surface area contributed by atoms with Gasteiger partial charge in [0.25, 0.3) is 0 Å². The van der Waals surface area contributed by atoms with Crippen LogP contribution >= 0.6 is 15.9 Å². The van der Waals surface area contributed by atoms with Crippen LogP contribution in [0.3, 0.4) is 0 Å². The number of carboxylic acids is 1. The molecule has 0 aliphatic heterocycles. The van der Waals surface area contributed by atoms with Crippen molar-refractivity contribution in [3.8, 4) is 0 Å². The van der Waals surface area contributed by atoms with Crippen LogP contribution in [-0.2, 0) is 6.42 Å². The Labute approximate surface area is 180 Å². The van der Waals surface area contributed by atoms with Crippen LogP contribution in [0.1, 0.15) is 39.6 Å². The Morgan fingerprint density at radius 3 is 2.59 bits per heavy atom. The van der Waals surface area contributed by atoms with E-state index in [0.717, 1.165) is 34.7 Å². The maximum absolute atomic E-state index is 10.7. The highest BCUT2D eigenvalue weighted by molar-refractivity contribution is 9.10. The molecule has 0 saturated carbocycles. The summed E-state index contributed by atoms with van der Waals surface area (Å²) >= 11 is 3.20. The Morgan fingerprint density at radius 1 is 1.21 bits per heavy atom. The molecule has 0 atom stereocenters. The molecule has 2 aromatic rings. The smallest absolute Gasteiger partial charge is 0.337 e. The number of anilines is 1. The molecule has 29 heavy (non-hydrogen) atoms. The van der Waals surface area contributed by atoms with Gasteiger partial charge in [-0.2, -0.15) is 0 Å². The van der Waals surface area contributed by atoms with Gasteiger partial charge in [-0.25, -0.2) is 4.79 Å². The number of carboxylic acid groups (broad SMARTS) is 1. The van der Waals surface area contributed by atoms with Gasteiger partial charge in [0.15, 0.2) is 0 Å². The predicted molar refractivity (Wildman–Crippen MR) is 124 cm³/mol. The number of aromatic carboxylic acids is 1. The third-order valence-electron chi connectivity index (χ3n) is 3.94. The van der Waals surface area contributed by atoms with Crippen molar-refractivity contribution in [2.75, 3.05) is 12.4 Å². The van der Waals surface area contributed by atoms with E-state index < -0.39 is 5.97 Å². The van der Waals surface area contributed by atoms with E-state index in [-0.39, 0.29) is 5.56 Å². The Kier molecular flexibility index (Phi) is 11.1. The van der Waals surface area contributed by atoms with Crippen molar-refractivity contribution in [1.29, 1.82) is 0 Å². The molecule has 0 aromatic heterocycles. The summed E-state index contributed by atoms with van der Waals surface area (Å²) in [6.07, 6.45) is 10.7. The fourth-order valence-corrected chi connectivity index (χ4v) is 2.79. The molecule has 2 rings (SSSR count). The SMILES string of the molecule is C=C(/C=C\C=C/C)CCc1cccc(C=O)c1.CNc1ccc(Br)cc1C(=O)O. The maximum atomic E-state index is 10.7. The zero-order valence-corrected chi connectivity index (χ0v) is 18.3. The second-order valence-electron chi connectivity index (χ2n) is 6.15. The molecular weight excluding hydrogens is 430 g/mol. The van der Waals surface area contributed by atoms with Crippen LogP contribution in [0.15, 0.2) is 83.4 Å². The van der Waals surface area contributed by atoms with E-state index in [0.29, 0.717) is 5.69 Å². The lowest BCUT2D eigenvalue weighted by atomic mass is 10.0. The van der Waals surface area contributed by atoms with Crippen LogP contribution in [0.25, 0.3) is 0 Å². The van der Waals surface area contributed by atoms with E-state index in [4.69, 9.17) is 5.11 Å². The summed E-state index contributed by atoms with van der Waals surface area (Å²) in [5.41, 5.74) is 3.89. The molecule has 0 aliphatic rings. The second kappa shape index (κ2) is 13.3. The molecular formula is C24H26BrNO3. The number of aldehydes is 1. The molecule has 0 fully saturated rings. The van der Waals surface area contributed by atoms with Gasteiger partial charge in [0.05, 0.1) is 5.56 Å². The lowest BCUT2D eigenvalue weighted by Gasteiger charge is -2.04. The minimum atomic E-state index is -0.930. The average molecular weight is 456 g/mol. The van der Waals surface area contributed by atoms with Crippen molar-refractivity contribution in [2.45, 2.75) is 19.8 Å². The van der Waals surface area contributed by atoms with Gasteiger partial charge >= 0.3 is 5.97 Å². The zero-order chi connectivity index (χ0) is 21.6. The molecule has 0 aliphatic carbocycles. The highest BCUT2D eigenvalue weighted by atomic mass is 79.9. The number of hydrogen-bond acceptors (Lipinski definition) is 3. The number of aryl methyl sites for hydroxylation is 1. The molecule has 0 spiro atoms. The first-order chi connectivity index (χ1) is 13.9. The predicted octanol–water partition coefficient (Wildman–Crippen LogP) is 6.31. The van der Waals surface area contributed by atoms with E-state index in [1.54, 1.807) is 25.2 Å². The summed E-state index contributed by atoms with van der Waals surface area (Å²) in [5, 5.41) is 11.6. The summed E-state index contributed by atoms with van der Waals surface area (Å²) in [7, 11) is 1.69. The van der Waals surface area contributed by atoms with E-state index >= 15 is 0 Å². The quantitative estimate of drug-likeness (QED) is 0.361. The first-order valence-electron chi connectivity index (χ1n) is 9.13. The van der Waals surface area contributed by atoms with Crippen molar-refractivity contribution in [3.63, 3.8) is 0 Å². The first kappa shape index (κ1) is 24.1. The standard InChI is InChI=1S/C16H18O.C8H8BrNO2/c1-3-4-5-7-14(2)10-11-15-8-6-9-16(12-15)13-17;1-10-7-3-2-5(9)4-6(7)8(11)12/h3-9,12-13H,2,10-11H2,1H3;2-4,10H,1H3,(H,11,12)/b4-3-,7-5-;. The van der Waals surface area contributed by atoms with E-state index in [9.17, 15) is 9.59 Å². The average Bonchev–Trinajstić information content (AvgIpc) is 2.73. The number of carbonyl (C=O) groups is 2. The monoisotopic (exact) mass is 455 g/mol. The molecule has 0 unspecified atom stereocenters. The largest absolute Gasteiger partial charge is 0.478 e. The summed E-state index contributed by atoms with van der Waals surface area (Å²) in [4.78, 5) is 21.3. The van der Waals surface area contributed by atoms with Gasteiger partial charge < -0.3 is 10.4 Å². The lowest BCUT2D eigenvalue weighted by molar-refractivity contribution is 0.0697.